The van der Waals surface area contributed by atoms with Crippen molar-refractivity contribution in [3.05, 3.63) is 34.6 Å². The van der Waals surface area contributed by atoms with Crippen molar-refractivity contribution in [2.45, 2.75) is 25.4 Å². The van der Waals surface area contributed by atoms with Gasteiger partial charge in [-0.2, -0.15) is 0 Å². The Labute approximate surface area is 139 Å². The number of carbonyl (C=O) groups is 1. The summed E-state index contributed by atoms with van der Waals surface area (Å²) in [6, 6.07) is 6.60. The topological polar surface area (TPSA) is 102 Å². The van der Waals surface area contributed by atoms with Crippen molar-refractivity contribution in [2.24, 2.45) is 0 Å². The van der Waals surface area contributed by atoms with Gasteiger partial charge in [0.05, 0.1) is 23.4 Å². The minimum atomic E-state index is -3.04. The van der Waals surface area contributed by atoms with E-state index >= 15 is 0 Å². The number of carbonyl (C=O) groups excluding carboxylic acids is 1. The van der Waals surface area contributed by atoms with Crippen molar-refractivity contribution in [3.63, 3.8) is 0 Å². The molecule has 1 fully saturated rings. The minimum Gasteiger partial charge on any atom is -0.342 e. The van der Waals surface area contributed by atoms with E-state index in [1.807, 2.05) is 0 Å². The Morgan fingerprint density at radius 3 is 2.83 bits per heavy atom. The second kappa shape index (κ2) is 6.31. The van der Waals surface area contributed by atoms with Crippen LogP contribution in [0.5, 0.6) is 0 Å². The Balaban J connectivity index is 1.68. The highest BCUT2D eigenvalue weighted by molar-refractivity contribution is 7.91. The number of hydrogen-bond acceptors (Lipinski definition) is 6. The molecule has 1 aromatic carbocycles. The fourth-order valence-corrected chi connectivity index (χ4v) is 4.61. The van der Waals surface area contributed by atoms with E-state index in [9.17, 15) is 18.0 Å². The number of benzene rings is 1. The lowest BCUT2D eigenvalue weighted by Crippen LogP contribution is -2.38. The molecule has 0 N–H and O–H groups in total. The van der Waals surface area contributed by atoms with Crippen molar-refractivity contribution < 1.29 is 13.2 Å². The van der Waals surface area contributed by atoms with Crippen molar-refractivity contribution in [1.29, 1.82) is 0 Å². The highest BCUT2D eigenvalue weighted by Crippen LogP contribution is 2.17. The minimum absolute atomic E-state index is 0.00493. The van der Waals surface area contributed by atoms with Crippen LogP contribution in [0.2, 0.25) is 0 Å². The van der Waals surface area contributed by atoms with E-state index in [4.69, 9.17) is 0 Å². The van der Waals surface area contributed by atoms with E-state index in [2.05, 4.69) is 10.3 Å². The number of hydrogen-bond donors (Lipinski definition) is 0. The van der Waals surface area contributed by atoms with Gasteiger partial charge in [0.25, 0.3) is 5.56 Å². The smallest absolute Gasteiger partial charge is 0.277 e. The maximum atomic E-state index is 12.3. The zero-order chi connectivity index (χ0) is 17.3. The largest absolute Gasteiger partial charge is 0.342 e. The van der Waals surface area contributed by atoms with Gasteiger partial charge in [-0.3, -0.25) is 9.59 Å². The Hall–Kier alpha value is -2.29. The first-order chi connectivity index (χ1) is 11.4. The summed E-state index contributed by atoms with van der Waals surface area (Å²) in [4.78, 5) is 26.0. The molecule has 0 radical (unpaired) electrons. The summed E-state index contributed by atoms with van der Waals surface area (Å²) >= 11 is 0. The monoisotopic (exact) mass is 350 g/mol. The lowest BCUT2D eigenvalue weighted by Gasteiger charge is -2.23. The predicted molar refractivity (Wildman–Crippen MR) is 88.2 cm³/mol. The zero-order valence-electron chi connectivity index (χ0n) is 13.3. The summed E-state index contributed by atoms with van der Waals surface area (Å²) < 4.78 is 24.2. The molecule has 0 spiro atoms. The molecule has 1 aliphatic heterocycles. The van der Waals surface area contributed by atoms with E-state index in [1.165, 1.54) is 9.58 Å². The summed E-state index contributed by atoms with van der Waals surface area (Å²) in [5.74, 6) is -0.0884. The molecule has 128 valence electrons. The molecule has 1 aliphatic rings. The molecule has 0 bridgehead atoms. The number of nitrogens with zero attached hydrogens (tertiary/aromatic N) is 4. The standard InChI is InChI=1S/C15H18N4O4S/c1-18(11-7-9-24(22,23)10-11)14(20)6-8-19-15(21)12-4-2-3-5-13(12)16-17-19/h2-5,11H,6-10H2,1H3. The van der Waals surface area contributed by atoms with Crippen LogP contribution in [0, 0.1) is 0 Å². The number of aromatic nitrogens is 3. The Morgan fingerprint density at radius 1 is 1.38 bits per heavy atom. The second-order valence-electron chi connectivity index (χ2n) is 5.95. The first kappa shape index (κ1) is 16.6. The first-order valence-corrected chi connectivity index (χ1v) is 9.48. The maximum Gasteiger partial charge on any atom is 0.277 e. The normalized spacial score (nSPS) is 19.5. The van der Waals surface area contributed by atoms with Gasteiger partial charge in [-0.15, -0.1) is 5.10 Å². The Bertz CT molecular complexity index is 938. The average molecular weight is 350 g/mol. The highest BCUT2D eigenvalue weighted by Gasteiger charge is 2.32. The molecule has 1 atom stereocenters. The van der Waals surface area contributed by atoms with Gasteiger partial charge in [-0.25, -0.2) is 13.1 Å². The summed E-state index contributed by atoms with van der Waals surface area (Å²) in [5.41, 5.74) is 0.220. The van der Waals surface area contributed by atoms with E-state index in [1.54, 1.807) is 31.3 Å². The van der Waals surface area contributed by atoms with Crippen molar-refractivity contribution in [2.75, 3.05) is 18.6 Å². The van der Waals surface area contributed by atoms with E-state index in [0.717, 1.165) is 0 Å². The van der Waals surface area contributed by atoms with Crippen LogP contribution in [0.4, 0.5) is 0 Å². The van der Waals surface area contributed by atoms with Crippen molar-refractivity contribution in [3.8, 4) is 0 Å². The molecule has 1 unspecified atom stereocenters. The number of aryl methyl sites for hydroxylation is 1. The van der Waals surface area contributed by atoms with Crippen LogP contribution >= 0.6 is 0 Å². The maximum absolute atomic E-state index is 12.3. The number of sulfone groups is 1. The predicted octanol–water partition coefficient (Wildman–Crippen LogP) is -0.173. The van der Waals surface area contributed by atoms with Crippen LogP contribution in [0.1, 0.15) is 12.8 Å². The van der Waals surface area contributed by atoms with Crippen LogP contribution < -0.4 is 5.56 Å². The van der Waals surface area contributed by atoms with Crippen LogP contribution in [0.15, 0.2) is 29.1 Å². The molecule has 3 rings (SSSR count). The van der Waals surface area contributed by atoms with Gasteiger partial charge in [-0.05, 0) is 18.6 Å². The van der Waals surface area contributed by atoms with E-state index in [0.29, 0.717) is 17.3 Å². The SMILES string of the molecule is CN(C(=O)CCn1nnc2ccccc2c1=O)C1CCS(=O)(=O)C1. The molecular weight excluding hydrogens is 332 g/mol. The summed E-state index contributed by atoms with van der Waals surface area (Å²) in [5, 5.41) is 8.27. The molecule has 0 aliphatic carbocycles. The van der Waals surface area contributed by atoms with E-state index in [-0.39, 0.29) is 42.0 Å². The lowest BCUT2D eigenvalue weighted by molar-refractivity contribution is -0.131. The van der Waals surface area contributed by atoms with E-state index < -0.39 is 9.84 Å². The third kappa shape index (κ3) is 3.30. The molecule has 24 heavy (non-hydrogen) atoms. The number of fused-ring (bicyclic) bond motifs is 1. The Kier molecular flexibility index (Phi) is 4.35. The summed E-state index contributed by atoms with van der Waals surface area (Å²) in [6.07, 6.45) is 0.528. The molecule has 2 heterocycles. The van der Waals surface area contributed by atoms with Crippen LogP contribution in [0.25, 0.3) is 10.9 Å². The number of rotatable bonds is 4. The van der Waals surface area contributed by atoms with Crippen molar-refractivity contribution in [1.82, 2.24) is 19.9 Å². The van der Waals surface area contributed by atoms with Gasteiger partial charge in [0, 0.05) is 19.5 Å². The van der Waals surface area contributed by atoms with Crippen LogP contribution in [0.3, 0.4) is 0 Å². The van der Waals surface area contributed by atoms with Gasteiger partial charge in [0.1, 0.15) is 5.52 Å². The fraction of sp³-hybridized carbons (Fsp3) is 0.467. The molecule has 0 saturated carbocycles. The van der Waals surface area contributed by atoms with Crippen LogP contribution in [-0.2, 0) is 21.2 Å². The van der Waals surface area contributed by atoms with Gasteiger partial charge in [0.2, 0.25) is 5.91 Å². The molecule has 9 heteroatoms. The molecular formula is C15H18N4O4S. The second-order valence-corrected chi connectivity index (χ2v) is 8.18. The highest BCUT2D eigenvalue weighted by atomic mass is 32.2. The molecule has 1 aromatic heterocycles. The quantitative estimate of drug-likeness (QED) is 0.758. The molecule has 8 nitrogen and oxygen atoms in total. The molecule has 1 saturated heterocycles. The van der Waals surface area contributed by atoms with Gasteiger partial charge < -0.3 is 4.90 Å². The fourth-order valence-electron chi connectivity index (χ4n) is 2.83. The third-order valence-electron chi connectivity index (χ3n) is 4.32. The van der Waals surface area contributed by atoms with Gasteiger partial charge in [-0.1, -0.05) is 17.3 Å². The average Bonchev–Trinajstić information content (AvgIpc) is 2.93. The number of amides is 1. The summed E-state index contributed by atoms with van der Waals surface area (Å²) in [6.45, 7) is 0.110. The zero-order valence-corrected chi connectivity index (χ0v) is 14.1. The van der Waals surface area contributed by atoms with Gasteiger partial charge in [0.15, 0.2) is 9.84 Å². The Morgan fingerprint density at radius 2 is 2.12 bits per heavy atom. The first-order valence-electron chi connectivity index (χ1n) is 7.66. The molecule has 1 amide bonds. The third-order valence-corrected chi connectivity index (χ3v) is 6.07. The molecule has 2 aromatic rings. The van der Waals surface area contributed by atoms with Crippen LogP contribution in [-0.4, -0.2) is 58.8 Å². The lowest BCUT2D eigenvalue weighted by atomic mass is 10.2. The van der Waals surface area contributed by atoms with Gasteiger partial charge >= 0.3 is 0 Å². The van der Waals surface area contributed by atoms with Crippen molar-refractivity contribution >= 4 is 26.6 Å². The summed E-state index contributed by atoms with van der Waals surface area (Å²) in [7, 11) is -1.44.